The number of imidazole rings is 1. The average Bonchev–Trinajstić information content (AvgIpc) is 2.86. The third kappa shape index (κ3) is 3.02. The first kappa shape index (κ1) is 15.4. The predicted octanol–water partition coefficient (Wildman–Crippen LogP) is 2.43. The molecule has 0 unspecified atom stereocenters. The van der Waals surface area contributed by atoms with E-state index in [1.807, 2.05) is 23.6 Å². The fraction of sp³-hybridized carbons (Fsp3) is 0.200. The number of nitrogens with two attached hydrogens (primary N) is 1. The summed E-state index contributed by atoms with van der Waals surface area (Å²) in [5.74, 6) is 0.272. The fourth-order valence-electron chi connectivity index (χ4n) is 2.19. The van der Waals surface area contributed by atoms with Crippen molar-refractivity contribution in [2.75, 3.05) is 12.3 Å². The highest BCUT2D eigenvalue weighted by Crippen LogP contribution is 2.25. The number of halogens is 1. The van der Waals surface area contributed by atoms with Gasteiger partial charge in [-0.1, -0.05) is 24.3 Å². The Morgan fingerprint density at radius 3 is 2.65 bits per heavy atom. The Labute approximate surface area is 140 Å². The summed E-state index contributed by atoms with van der Waals surface area (Å²) in [6.45, 7) is 2.83. The van der Waals surface area contributed by atoms with Gasteiger partial charge in [0.25, 0.3) is 0 Å². The molecule has 0 saturated heterocycles. The van der Waals surface area contributed by atoms with Crippen molar-refractivity contribution in [1.29, 1.82) is 0 Å². The molecule has 0 aliphatic rings. The van der Waals surface area contributed by atoms with E-state index < -0.39 is 0 Å². The number of fused-ring (bicyclic) bond motifs is 1. The number of carbonyl (C=O) groups is 1. The number of ether oxygens (including phenoxy) is 1. The van der Waals surface area contributed by atoms with Crippen molar-refractivity contribution < 1.29 is 9.53 Å². The van der Waals surface area contributed by atoms with Gasteiger partial charge < -0.3 is 10.5 Å². The molecule has 8 heteroatoms. The van der Waals surface area contributed by atoms with Gasteiger partial charge in [0.05, 0.1) is 13.2 Å². The standard InChI is InChI=1S/C15H14BrN5O2/c1-2-23-15-19-12(17)11-13(20-15)21(14(16)18-11)7-9-3-5-10(8-22)6-4-9/h3-6,8H,2,7H2,1H3,(H2,17,19,20). The maximum Gasteiger partial charge on any atom is 0.320 e. The van der Waals surface area contributed by atoms with Crippen LogP contribution < -0.4 is 10.5 Å². The second-order valence-electron chi connectivity index (χ2n) is 4.82. The molecule has 0 atom stereocenters. The zero-order chi connectivity index (χ0) is 16.4. The molecule has 0 bridgehead atoms. The SMILES string of the molecule is CCOc1nc(N)c2nc(Br)n(Cc3ccc(C=O)cc3)c2n1. The van der Waals surface area contributed by atoms with Gasteiger partial charge in [-0.05, 0) is 28.4 Å². The molecular formula is C15H14BrN5O2. The van der Waals surface area contributed by atoms with E-state index in [4.69, 9.17) is 10.5 Å². The average molecular weight is 376 g/mol. The van der Waals surface area contributed by atoms with E-state index in [9.17, 15) is 4.79 Å². The van der Waals surface area contributed by atoms with E-state index in [0.717, 1.165) is 11.8 Å². The Bertz CT molecular complexity index is 860. The number of rotatable bonds is 5. The van der Waals surface area contributed by atoms with Crippen LogP contribution in [0.3, 0.4) is 0 Å². The Morgan fingerprint density at radius 2 is 2.00 bits per heavy atom. The largest absolute Gasteiger partial charge is 0.464 e. The summed E-state index contributed by atoms with van der Waals surface area (Å²) in [4.78, 5) is 23.6. The lowest BCUT2D eigenvalue weighted by molar-refractivity contribution is 0.112. The number of hydrogen-bond donors (Lipinski definition) is 1. The smallest absolute Gasteiger partial charge is 0.320 e. The highest BCUT2D eigenvalue weighted by atomic mass is 79.9. The topological polar surface area (TPSA) is 95.9 Å². The van der Waals surface area contributed by atoms with Crippen molar-refractivity contribution in [3.63, 3.8) is 0 Å². The fourth-order valence-corrected chi connectivity index (χ4v) is 2.66. The number of aromatic nitrogens is 4. The van der Waals surface area contributed by atoms with E-state index >= 15 is 0 Å². The first-order valence-corrected chi connectivity index (χ1v) is 7.77. The van der Waals surface area contributed by atoms with Gasteiger partial charge in [-0.25, -0.2) is 4.98 Å². The van der Waals surface area contributed by atoms with Gasteiger partial charge in [-0.15, -0.1) is 0 Å². The molecule has 2 heterocycles. The second kappa shape index (κ2) is 6.33. The quantitative estimate of drug-likeness (QED) is 0.543. The van der Waals surface area contributed by atoms with Crippen LogP contribution in [0.5, 0.6) is 6.01 Å². The first-order chi connectivity index (χ1) is 11.1. The molecule has 3 rings (SSSR count). The minimum Gasteiger partial charge on any atom is -0.464 e. The number of benzene rings is 1. The van der Waals surface area contributed by atoms with Crippen molar-refractivity contribution in [1.82, 2.24) is 19.5 Å². The Morgan fingerprint density at radius 1 is 1.26 bits per heavy atom. The monoisotopic (exact) mass is 375 g/mol. The summed E-state index contributed by atoms with van der Waals surface area (Å²) < 4.78 is 7.81. The van der Waals surface area contributed by atoms with Crippen molar-refractivity contribution in [3.8, 4) is 6.01 Å². The molecule has 0 aliphatic carbocycles. The van der Waals surface area contributed by atoms with Gasteiger partial charge in [-0.2, -0.15) is 9.97 Å². The Hall–Kier alpha value is -2.48. The number of nitrogens with zero attached hydrogens (tertiary/aromatic N) is 4. The molecule has 2 aromatic heterocycles. The molecular weight excluding hydrogens is 362 g/mol. The minimum absolute atomic E-state index is 0.224. The summed E-state index contributed by atoms with van der Waals surface area (Å²) in [6, 6.07) is 7.53. The van der Waals surface area contributed by atoms with Crippen LogP contribution in [0.15, 0.2) is 29.0 Å². The molecule has 3 aromatic rings. The van der Waals surface area contributed by atoms with E-state index in [2.05, 4.69) is 30.9 Å². The molecule has 118 valence electrons. The van der Waals surface area contributed by atoms with Gasteiger partial charge >= 0.3 is 6.01 Å². The first-order valence-electron chi connectivity index (χ1n) is 6.98. The molecule has 7 nitrogen and oxygen atoms in total. The molecule has 0 fully saturated rings. The molecule has 0 amide bonds. The molecule has 0 aliphatic heterocycles. The van der Waals surface area contributed by atoms with E-state index in [1.54, 1.807) is 12.1 Å². The van der Waals surface area contributed by atoms with Gasteiger partial charge in [-0.3, -0.25) is 9.36 Å². The van der Waals surface area contributed by atoms with Gasteiger partial charge in [0.1, 0.15) is 6.29 Å². The summed E-state index contributed by atoms with van der Waals surface area (Å²) in [6.07, 6.45) is 0.814. The third-order valence-electron chi connectivity index (χ3n) is 3.28. The number of nitrogen functional groups attached to an aromatic ring is 1. The van der Waals surface area contributed by atoms with E-state index in [-0.39, 0.29) is 11.8 Å². The van der Waals surface area contributed by atoms with E-state index in [0.29, 0.717) is 34.6 Å². The highest BCUT2D eigenvalue weighted by molar-refractivity contribution is 9.10. The van der Waals surface area contributed by atoms with Crippen LogP contribution in [-0.2, 0) is 6.54 Å². The van der Waals surface area contributed by atoms with Crippen molar-refractivity contribution in [3.05, 3.63) is 40.1 Å². The van der Waals surface area contributed by atoms with Gasteiger partial charge in [0.15, 0.2) is 21.7 Å². The van der Waals surface area contributed by atoms with Crippen LogP contribution in [0.25, 0.3) is 11.2 Å². The van der Waals surface area contributed by atoms with Crippen LogP contribution in [0.4, 0.5) is 5.82 Å². The maximum absolute atomic E-state index is 10.7. The molecule has 2 N–H and O–H groups in total. The van der Waals surface area contributed by atoms with Crippen LogP contribution in [0, 0.1) is 0 Å². The maximum atomic E-state index is 10.7. The van der Waals surface area contributed by atoms with Crippen molar-refractivity contribution in [2.24, 2.45) is 0 Å². The molecule has 0 saturated carbocycles. The second-order valence-corrected chi connectivity index (χ2v) is 5.53. The number of carbonyl (C=O) groups excluding carboxylic acids is 1. The number of hydrogen-bond acceptors (Lipinski definition) is 6. The van der Waals surface area contributed by atoms with Gasteiger partial charge in [0.2, 0.25) is 0 Å². The summed E-state index contributed by atoms with van der Waals surface area (Å²) in [5.41, 5.74) is 8.68. The lowest BCUT2D eigenvalue weighted by atomic mass is 10.1. The summed E-state index contributed by atoms with van der Waals surface area (Å²) in [7, 11) is 0. The van der Waals surface area contributed by atoms with Crippen molar-refractivity contribution in [2.45, 2.75) is 13.5 Å². The van der Waals surface area contributed by atoms with Crippen LogP contribution in [0.2, 0.25) is 0 Å². The zero-order valence-electron chi connectivity index (χ0n) is 12.4. The third-order valence-corrected chi connectivity index (χ3v) is 3.89. The molecule has 0 spiro atoms. The molecule has 23 heavy (non-hydrogen) atoms. The summed E-state index contributed by atoms with van der Waals surface area (Å²) >= 11 is 3.42. The number of aldehydes is 1. The lowest BCUT2D eigenvalue weighted by Gasteiger charge is -2.07. The lowest BCUT2D eigenvalue weighted by Crippen LogP contribution is -2.05. The molecule has 1 aromatic carbocycles. The summed E-state index contributed by atoms with van der Waals surface area (Å²) in [5, 5.41) is 0. The Kier molecular flexibility index (Phi) is 4.24. The Balaban J connectivity index is 2.04. The number of anilines is 1. The normalized spacial score (nSPS) is 10.9. The molecule has 0 radical (unpaired) electrons. The zero-order valence-corrected chi connectivity index (χ0v) is 13.9. The van der Waals surface area contributed by atoms with Gasteiger partial charge in [0, 0.05) is 5.56 Å². The highest BCUT2D eigenvalue weighted by Gasteiger charge is 2.16. The predicted molar refractivity (Wildman–Crippen MR) is 89.5 cm³/mol. The van der Waals surface area contributed by atoms with E-state index in [1.165, 1.54) is 0 Å². The van der Waals surface area contributed by atoms with Crippen LogP contribution in [-0.4, -0.2) is 32.4 Å². The van der Waals surface area contributed by atoms with Crippen molar-refractivity contribution >= 4 is 39.2 Å². The minimum atomic E-state index is 0.224. The van der Waals surface area contributed by atoms with Crippen LogP contribution in [0.1, 0.15) is 22.8 Å². The van der Waals surface area contributed by atoms with Crippen LogP contribution >= 0.6 is 15.9 Å².